The topological polar surface area (TPSA) is 16.4 Å². The van der Waals surface area contributed by atoms with Gasteiger partial charge in [-0.15, -0.1) is 0 Å². The number of hydrogen-bond acceptors (Lipinski definition) is 2. The summed E-state index contributed by atoms with van der Waals surface area (Å²) in [4.78, 5) is 2.39. The second kappa shape index (κ2) is 15.1. The van der Waals surface area contributed by atoms with Gasteiger partial charge in [-0.2, -0.15) is 0 Å². The zero-order valence-electron chi connectivity index (χ0n) is 32.9. The molecule has 0 bridgehead atoms. The van der Waals surface area contributed by atoms with Crippen molar-refractivity contribution in [3.05, 3.63) is 237 Å². The first kappa shape index (κ1) is 35.2. The van der Waals surface area contributed by atoms with Crippen molar-refractivity contribution in [1.29, 1.82) is 0 Å². The molecule has 1 heterocycles. The Kier molecular flexibility index (Phi) is 8.87. The fourth-order valence-electron chi connectivity index (χ4n) is 8.70. The molecule has 0 saturated carbocycles. The average molecular weight is 766 g/mol. The highest BCUT2D eigenvalue weighted by atomic mass is 16.3. The molecule has 0 spiro atoms. The average Bonchev–Trinajstić information content (AvgIpc) is 3.72. The highest BCUT2D eigenvalue weighted by molar-refractivity contribution is 6.22. The van der Waals surface area contributed by atoms with Crippen molar-refractivity contribution in [3.63, 3.8) is 0 Å². The summed E-state index contributed by atoms with van der Waals surface area (Å²) in [7, 11) is 0. The maximum absolute atomic E-state index is 6.89. The van der Waals surface area contributed by atoms with Crippen molar-refractivity contribution in [2.45, 2.75) is 0 Å². The summed E-state index contributed by atoms with van der Waals surface area (Å²) >= 11 is 0. The third-order valence-corrected chi connectivity index (χ3v) is 11.7. The third kappa shape index (κ3) is 6.41. The summed E-state index contributed by atoms with van der Waals surface area (Å²) in [5.41, 5.74) is 16.8. The van der Waals surface area contributed by atoms with Crippen LogP contribution in [0, 0.1) is 0 Å². The number of hydrogen-bond donors (Lipinski definition) is 0. The van der Waals surface area contributed by atoms with Crippen LogP contribution in [0.5, 0.6) is 0 Å². The SMILES string of the molecule is c1ccc(-c2ccc(-c3cccc(N(c4ccc(-c5ccccc5)cc4)c4cccc5oc6c7ccccc7c(-c7ccc(-c8ccccc8)cc7)cc6c45)c3)cc2)cc1. The van der Waals surface area contributed by atoms with Crippen LogP contribution in [0.25, 0.3) is 88.3 Å². The predicted molar refractivity (Wildman–Crippen MR) is 253 cm³/mol. The molecule has 2 nitrogen and oxygen atoms in total. The minimum atomic E-state index is 0.850. The van der Waals surface area contributed by atoms with Crippen molar-refractivity contribution in [2.24, 2.45) is 0 Å². The minimum Gasteiger partial charge on any atom is -0.455 e. The Hall–Kier alpha value is -7.94. The van der Waals surface area contributed by atoms with Crippen LogP contribution in [-0.4, -0.2) is 0 Å². The number of rotatable bonds is 8. The van der Waals surface area contributed by atoms with E-state index in [4.69, 9.17) is 4.42 Å². The lowest BCUT2D eigenvalue weighted by atomic mass is 9.93. The maximum atomic E-state index is 6.89. The van der Waals surface area contributed by atoms with Crippen LogP contribution in [0.3, 0.4) is 0 Å². The van der Waals surface area contributed by atoms with Crippen LogP contribution in [0.4, 0.5) is 17.1 Å². The Bertz CT molecular complexity index is 3260. The van der Waals surface area contributed by atoms with Crippen molar-refractivity contribution in [3.8, 4) is 55.6 Å². The normalized spacial score (nSPS) is 11.3. The molecule has 0 atom stereocenters. The van der Waals surface area contributed by atoms with E-state index in [1.807, 2.05) is 0 Å². The first-order chi connectivity index (χ1) is 29.7. The van der Waals surface area contributed by atoms with E-state index in [1.165, 1.54) is 44.5 Å². The van der Waals surface area contributed by atoms with Crippen LogP contribution in [-0.2, 0) is 0 Å². The van der Waals surface area contributed by atoms with Crippen molar-refractivity contribution >= 4 is 49.8 Å². The van der Waals surface area contributed by atoms with Gasteiger partial charge in [0.2, 0.25) is 0 Å². The monoisotopic (exact) mass is 765 g/mol. The lowest BCUT2D eigenvalue weighted by Crippen LogP contribution is -2.10. The van der Waals surface area contributed by atoms with Gasteiger partial charge in [0.05, 0.1) is 11.1 Å². The smallest absolute Gasteiger partial charge is 0.143 e. The molecule has 282 valence electrons. The van der Waals surface area contributed by atoms with E-state index >= 15 is 0 Å². The largest absolute Gasteiger partial charge is 0.455 e. The molecule has 0 fully saturated rings. The molecule has 60 heavy (non-hydrogen) atoms. The lowest BCUT2D eigenvalue weighted by molar-refractivity contribution is 0.672. The van der Waals surface area contributed by atoms with E-state index in [0.29, 0.717) is 0 Å². The van der Waals surface area contributed by atoms with Gasteiger partial charge in [0.25, 0.3) is 0 Å². The van der Waals surface area contributed by atoms with Gasteiger partial charge in [-0.3, -0.25) is 0 Å². The van der Waals surface area contributed by atoms with Gasteiger partial charge >= 0.3 is 0 Å². The van der Waals surface area contributed by atoms with Crippen molar-refractivity contribution in [1.82, 2.24) is 0 Å². The van der Waals surface area contributed by atoms with Gasteiger partial charge in [0.15, 0.2) is 0 Å². The van der Waals surface area contributed by atoms with E-state index in [0.717, 1.165) is 60.9 Å². The number of furan rings is 1. The summed E-state index contributed by atoms with van der Waals surface area (Å²) in [6.07, 6.45) is 0. The van der Waals surface area contributed by atoms with Gasteiger partial charge in [-0.05, 0) is 103 Å². The van der Waals surface area contributed by atoms with E-state index in [1.54, 1.807) is 0 Å². The number of benzene rings is 10. The molecule has 0 aliphatic rings. The van der Waals surface area contributed by atoms with E-state index in [9.17, 15) is 0 Å². The Morgan fingerprint density at radius 3 is 1.32 bits per heavy atom. The second-order valence-corrected chi connectivity index (χ2v) is 15.3. The van der Waals surface area contributed by atoms with E-state index < -0.39 is 0 Å². The molecule has 1 aromatic heterocycles. The summed E-state index contributed by atoms with van der Waals surface area (Å²) in [6, 6.07) is 84.7. The Balaban J connectivity index is 1.09. The Labute approximate surface area is 349 Å². The summed E-state index contributed by atoms with van der Waals surface area (Å²) in [5.74, 6) is 0. The number of nitrogens with zero attached hydrogens (tertiary/aromatic N) is 1. The molecule has 0 amide bonds. The summed E-state index contributed by atoms with van der Waals surface area (Å²) < 4.78 is 6.89. The third-order valence-electron chi connectivity index (χ3n) is 11.7. The molecule has 0 aliphatic heterocycles. The lowest BCUT2D eigenvalue weighted by Gasteiger charge is -2.27. The standard InChI is InChI=1S/C58H39NO/c1-4-14-40(15-5-1)43-26-28-46(29-27-43)48-20-12-21-50(38-48)59(49-36-34-45(35-37-49)42-18-8-3-9-19-42)55-24-13-25-56-57(55)54-39-53(51-22-10-11-23-52(51)58(54)60-56)47-32-30-44(31-33-47)41-16-6-2-7-17-41/h1-39H. The van der Waals surface area contributed by atoms with E-state index in [2.05, 4.69) is 241 Å². The molecular formula is C58H39NO. The Morgan fingerprint density at radius 2 is 0.733 bits per heavy atom. The fraction of sp³-hybridized carbons (Fsp3) is 0. The predicted octanol–water partition coefficient (Wildman–Crippen LogP) is 16.5. The van der Waals surface area contributed by atoms with Gasteiger partial charge in [-0.1, -0.05) is 194 Å². The maximum Gasteiger partial charge on any atom is 0.143 e. The molecule has 10 aromatic carbocycles. The number of fused-ring (bicyclic) bond motifs is 5. The van der Waals surface area contributed by atoms with Gasteiger partial charge in [0, 0.05) is 22.1 Å². The van der Waals surface area contributed by atoms with Crippen LogP contribution in [0.15, 0.2) is 241 Å². The molecule has 11 aromatic rings. The van der Waals surface area contributed by atoms with Crippen molar-refractivity contribution in [2.75, 3.05) is 4.90 Å². The molecule has 0 radical (unpaired) electrons. The quantitative estimate of drug-likeness (QED) is 0.153. The molecular weight excluding hydrogens is 727 g/mol. The van der Waals surface area contributed by atoms with Gasteiger partial charge in [-0.25, -0.2) is 0 Å². The zero-order chi connectivity index (χ0) is 39.8. The van der Waals surface area contributed by atoms with E-state index in [-0.39, 0.29) is 0 Å². The molecule has 0 aliphatic carbocycles. The van der Waals surface area contributed by atoms with Gasteiger partial charge in [0.1, 0.15) is 11.2 Å². The fourth-order valence-corrected chi connectivity index (χ4v) is 8.70. The first-order valence-electron chi connectivity index (χ1n) is 20.5. The van der Waals surface area contributed by atoms with Crippen LogP contribution < -0.4 is 4.90 Å². The second-order valence-electron chi connectivity index (χ2n) is 15.3. The highest BCUT2D eigenvalue weighted by Crippen LogP contribution is 2.47. The Morgan fingerprint density at radius 1 is 0.283 bits per heavy atom. The summed E-state index contributed by atoms with van der Waals surface area (Å²) in [6.45, 7) is 0. The molecule has 0 unspecified atom stereocenters. The highest BCUT2D eigenvalue weighted by Gasteiger charge is 2.22. The van der Waals surface area contributed by atoms with Crippen LogP contribution in [0.2, 0.25) is 0 Å². The molecule has 2 heteroatoms. The first-order valence-corrected chi connectivity index (χ1v) is 20.5. The molecule has 0 N–H and O–H groups in total. The van der Waals surface area contributed by atoms with Crippen LogP contribution in [0.1, 0.15) is 0 Å². The number of anilines is 3. The van der Waals surface area contributed by atoms with Crippen LogP contribution >= 0.6 is 0 Å². The van der Waals surface area contributed by atoms with Crippen molar-refractivity contribution < 1.29 is 4.42 Å². The van der Waals surface area contributed by atoms with Gasteiger partial charge < -0.3 is 9.32 Å². The zero-order valence-corrected chi connectivity index (χ0v) is 32.9. The summed E-state index contributed by atoms with van der Waals surface area (Å²) in [5, 5.41) is 4.42. The minimum absolute atomic E-state index is 0.850. The molecule has 11 rings (SSSR count). The molecule has 0 saturated heterocycles.